The minimum Gasteiger partial charge on any atom is -0.366 e. The summed E-state index contributed by atoms with van der Waals surface area (Å²) in [6.07, 6.45) is 1.23. The highest BCUT2D eigenvalue weighted by Crippen LogP contribution is 2.46. The van der Waals surface area contributed by atoms with Crippen molar-refractivity contribution in [1.82, 2.24) is 4.57 Å². The maximum atomic E-state index is 12.4. The predicted molar refractivity (Wildman–Crippen MR) is 99.2 cm³/mol. The van der Waals surface area contributed by atoms with Gasteiger partial charge in [-0.2, -0.15) is 0 Å². The van der Waals surface area contributed by atoms with Gasteiger partial charge < -0.3 is 14.0 Å². The van der Waals surface area contributed by atoms with Crippen LogP contribution in [-0.4, -0.2) is 39.0 Å². The van der Waals surface area contributed by atoms with Gasteiger partial charge in [0.15, 0.2) is 14.0 Å². The molecule has 0 radical (unpaired) electrons. The number of β-lactam (4-membered cyclic amide) rings is 1. The largest absolute Gasteiger partial charge is 0.366 e. The fraction of sp³-hybridized carbons (Fsp3) is 0.632. The Morgan fingerprint density at radius 3 is 2.08 bits per heavy atom. The maximum Gasteiger partial charge on any atom is 0.216 e. The van der Waals surface area contributed by atoms with Crippen LogP contribution in [0, 0.1) is 0 Å². The Morgan fingerprint density at radius 1 is 1.12 bits per heavy atom. The van der Waals surface area contributed by atoms with E-state index in [1.807, 2.05) is 30.3 Å². The second-order valence-corrected chi connectivity index (χ2v) is 13.3. The van der Waals surface area contributed by atoms with Gasteiger partial charge in [-0.3, -0.25) is 4.79 Å². The lowest BCUT2D eigenvalue weighted by molar-refractivity contribution is -0.229. The summed E-state index contributed by atoms with van der Waals surface area (Å²) >= 11 is 0. The lowest BCUT2D eigenvalue weighted by atomic mass is 9.92. The van der Waals surface area contributed by atoms with E-state index in [9.17, 15) is 4.79 Å². The van der Waals surface area contributed by atoms with Gasteiger partial charge in [0.1, 0.15) is 0 Å². The molecule has 1 aromatic carbocycles. The second kappa shape index (κ2) is 6.62. The van der Waals surface area contributed by atoms with E-state index in [0.29, 0.717) is 12.8 Å². The van der Waals surface area contributed by atoms with Gasteiger partial charge in [-0.05, 0) is 5.04 Å². The van der Waals surface area contributed by atoms with Crippen molar-refractivity contribution in [3.05, 3.63) is 35.9 Å². The molecule has 0 bridgehead atoms. The molecule has 0 N–H and O–H groups in total. The van der Waals surface area contributed by atoms with Crippen LogP contribution in [0.15, 0.2) is 30.3 Å². The quantitative estimate of drug-likeness (QED) is 0.440. The van der Waals surface area contributed by atoms with Gasteiger partial charge in [-0.15, -0.1) is 0 Å². The van der Waals surface area contributed by atoms with Crippen molar-refractivity contribution in [1.29, 1.82) is 0 Å². The normalized spacial score (nSPS) is 19.4. The summed E-state index contributed by atoms with van der Waals surface area (Å²) in [6.45, 7) is 11.3. The fourth-order valence-electron chi connectivity index (χ4n) is 3.38. The van der Waals surface area contributed by atoms with Crippen LogP contribution in [0.1, 0.15) is 39.2 Å². The standard InChI is InChI=1S/C19H31NO3Si/c1-18(2,3)24(6,7)20-16(13-17(20)21)14-19(22-4,23-5)15-11-9-8-10-12-15/h8-12,16H,13-14H2,1-7H3/t16-/m0/s1. The number of amides is 1. The molecule has 1 aromatic rings. The number of nitrogens with zero attached hydrogens (tertiary/aromatic N) is 1. The van der Waals surface area contributed by atoms with Crippen molar-refractivity contribution >= 4 is 14.1 Å². The zero-order valence-electron chi connectivity index (χ0n) is 16.1. The highest BCUT2D eigenvalue weighted by atomic mass is 28.3. The molecule has 4 nitrogen and oxygen atoms in total. The van der Waals surface area contributed by atoms with Gasteiger partial charge in [0, 0.05) is 38.7 Å². The highest BCUT2D eigenvalue weighted by Gasteiger charge is 2.54. The molecule has 0 saturated carbocycles. The average Bonchev–Trinajstić information content (AvgIpc) is 2.50. The van der Waals surface area contributed by atoms with Crippen LogP contribution in [0.5, 0.6) is 0 Å². The van der Waals surface area contributed by atoms with E-state index in [-0.39, 0.29) is 17.0 Å². The van der Waals surface area contributed by atoms with Gasteiger partial charge >= 0.3 is 0 Å². The number of carbonyl (C=O) groups is 1. The van der Waals surface area contributed by atoms with Crippen molar-refractivity contribution in [3.63, 3.8) is 0 Å². The highest BCUT2D eigenvalue weighted by molar-refractivity contribution is 6.79. The van der Waals surface area contributed by atoms with Crippen LogP contribution in [0.25, 0.3) is 0 Å². The summed E-state index contributed by atoms with van der Waals surface area (Å²) in [5.41, 5.74) is 0.990. The third-order valence-corrected chi connectivity index (χ3v) is 11.3. The molecule has 2 rings (SSSR count). The number of rotatable bonds is 6. The summed E-state index contributed by atoms with van der Waals surface area (Å²) in [4.78, 5) is 12.4. The maximum absolute atomic E-state index is 12.4. The third-order valence-electron chi connectivity index (χ3n) is 5.86. The van der Waals surface area contributed by atoms with E-state index in [0.717, 1.165) is 5.56 Å². The van der Waals surface area contributed by atoms with Crippen molar-refractivity contribution in [2.75, 3.05) is 14.2 Å². The van der Waals surface area contributed by atoms with Gasteiger partial charge in [0.2, 0.25) is 5.91 Å². The molecule has 134 valence electrons. The number of hydrogen-bond donors (Lipinski definition) is 0. The van der Waals surface area contributed by atoms with E-state index in [1.54, 1.807) is 14.2 Å². The van der Waals surface area contributed by atoms with E-state index < -0.39 is 14.0 Å². The van der Waals surface area contributed by atoms with Crippen molar-refractivity contribution in [2.24, 2.45) is 0 Å². The number of benzene rings is 1. The SMILES string of the molecule is COC(C[C@@H]1CC(=O)N1[Si](C)(C)C(C)(C)C)(OC)c1ccccc1. The molecule has 1 aliphatic rings. The van der Waals surface area contributed by atoms with Crippen LogP contribution in [-0.2, 0) is 20.1 Å². The summed E-state index contributed by atoms with van der Waals surface area (Å²) in [6, 6.07) is 10.2. The smallest absolute Gasteiger partial charge is 0.216 e. The third kappa shape index (κ3) is 3.17. The first-order valence-corrected chi connectivity index (χ1v) is 11.5. The molecule has 1 amide bonds. The molecule has 1 heterocycles. The summed E-state index contributed by atoms with van der Waals surface area (Å²) < 4.78 is 13.8. The molecule has 24 heavy (non-hydrogen) atoms. The van der Waals surface area contributed by atoms with Crippen molar-refractivity contribution < 1.29 is 14.3 Å². The molecule has 0 aliphatic carbocycles. The minimum absolute atomic E-state index is 0.122. The summed E-state index contributed by atoms with van der Waals surface area (Å²) in [5.74, 6) is -0.548. The Labute approximate surface area is 147 Å². The van der Waals surface area contributed by atoms with Crippen LogP contribution in [0.2, 0.25) is 18.1 Å². The number of methoxy groups -OCH3 is 2. The van der Waals surface area contributed by atoms with E-state index >= 15 is 0 Å². The Bertz CT molecular complexity index is 576. The van der Waals surface area contributed by atoms with Gasteiger partial charge in [-0.25, -0.2) is 0 Å². The van der Waals surface area contributed by atoms with Crippen molar-refractivity contribution in [2.45, 2.75) is 63.6 Å². The van der Waals surface area contributed by atoms with Crippen LogP contribution >= 0.6 is 0 Å². The van der Waals surface area contributed by atoms with E-state index in [2.05, 4.69) is 38.4 Å². The zero-order chi connectivity index (χ0) is 18.2. The first kappa shape index (κ1) is 19.2. The van der Waals surface area contributed by atoms with Crippen LogP contribution in [0.4, 0.5) is 0 Å². The van der Waals surface area contributed by atoms with Gasteiger partial charge in [-0.1, -0.05) is 64.2 Å². The van der Waals surface area contributed by atoms with Crippen molar-refractivity contribution in [3.8, 4) is 0 Å². The molecule has 1 aliphatic heterocycles. The van der Waals surface area contributed by atoms with Gasteiger partial charge in [0.25, 0.3) is 0 Å². The molecule has 0 spiro atoms. The molecular formula is C19H31NO3Si. The average molecular weight is 350 g/mol. The lowest BCUT2D eigenvalue weighted by Gasteiger charge is -2.56. The molecular weight excluding hydrogens is 318 g/mol. The molecule has 1 saturated heterocycles. The van der Waals surface area contributed by atoms with E-state index in [4.69, 9.17) is 9.47 Å². The second-order valence-electron chi connectivity index (χ2n) is 8.16. The Kier molecular flexibility index (Phi) is 5.28. The first-order chi connectivity index (χ1) is 11.1. The fourth-order valence-corrected chi connectivity index (χ4v) is 5.91. The van der Waals surface area contributed by atoms with Crippen LogP contribution < -0.4 is 0 Å². The Balaban J connectivity index is 2.29. The molecule has 1 atom stereocenters. The minimum atomic E-state index is -1.90. The number of ether oxygens (including phenoxy) is 2. The summed E-state index contributed by atoms with van der Waals surface area (Å²) in [5, 5.41) is 0.122. The Morgan fingerprint density at radius 2 is 1.67 bits per heavy atom. The first-order valence-electron chi connectivity index (χ1n) is 8.57. The zero-order valence-corrected chi connectivity index (χ0v) is 17.1. The summed E-state index contributed by atoms with van der Waals surface area (Å²) in [7, 11) is 1.45. The molecule has 5 heteroatoms. The molecule has 0 unspecified atom stereocenters. The molecule has 1 fully saturated rings. The lowest BCUT2D eigenvalue weighted by Crippen LogP contribution is -2.69. The van der Waals surface area contributed by atoms with Crippen LogP contribution in [0.3, 0.4) is 0 Å². The predicted octanol–water partition coefficient (Wildman–Crippen LogP) is 4.13. The molecule has 0 aromatic heterocycles. The topological polar surface area (TPSA) is 38.8 Å². The Hall–Kier alpha value is -1.17. The monoisotopic (exact) mass is 349 g/mol. The van der Waals surface area contributed by atoms with E-state index in [1.165, 1.54) is 0 Å². The number of carbonyl (C=O) groups excluding carboxylic acids is 1. The number of hydrogen-bond acceptors (Lipinski definition) is 3. The van der Waals surface area contributed by atoms with Gasteiger partial charge in [0.05, 0.1) is 0 Å².